The summed E-state index contributed by atoms with van der Waals surface area (Å²) in [6.45, 7) is 3.99. The molecule has 0 spiro atoms. The molecular formula is C10H10BrNO2. The topological polar surface area (TPSA) is 46.3 Å². The van der Waals surface area contributed by atoms with Crippen LogP contribution in [-0.4, -0.2) is 10.1 Å². The van der Waals surface area contributed by atoms with Crippen LogP contribution in [-0.2, 0) is 0 Å². The van der Waals surface area contributed by atoms with Crippen molar-refractivity contribution in [3.8, 4) is 5.75 Å². The second-order valence-corrected chi connectivity index (χ2v) is 4.31. The zero-order chi connectivity index (χ0) is 10.3. The Morgan fingerprint density at radius 2 is 2.14 bits per heavy atom. The fourth-order valence-electron chi connectivity index (χ4n) is 1.23. The van der Waals surface area contributed by atoms with Crippen LogP contribution in [0.4, 0.5) is 0 Å². The van der Waals surface area contributed by atoms with E-state index in [-0.39, 0.29) is 11.7 Å². The molecular weight excluding hydrogens is 246 g/mol. The molecule has 4 heteroatoms. The Balaban J connectivity index is 2.75. The van der Waals surface area contributed by atoms with Gasteiger partial charge in [0.1, 0.15) is 5.75 Å². The molecule has 0 amide bonds. The average molecular weight is 256 g/mol. The summed E-state index contributed by atoms with van der Waals surface area (Å²) in [5.74, 6) is 1.01. The van der Waals surface area contributed by atoms with Gasteiger partial charge in [-0.2, -0.15) is 0 Å². The molecule has 2 rings (SSSR count). The Labute approximate surface area is 89.9 Å². The second-order valence-electron chi connectivity index (χ2n) is 3.45. The van der Waals surface area contributed by atoms with E-state index in [9.17, 15) is 5.11 Å². The lowest BCUT2D eigenvalue weighted by molar-refractivity contribution is 0.480. The quantitative estimate of drug-likeness (QED) is 0.850. The van der Waals surface area contributed by atoms with E-state index >= 15 is 0 Å². The van der Waals surface area contributed by atoms with Gasteiger partial charge in [0.2, 0.25) is 0 Å². The molecule has 0 radical (unpaired) electrons. The van der Waals surface area contributed by atoms with Gasteiger partial charge in [-0.25, -0.2) is 4.98 Å². The van der Waals surface area contributed by atoms with Crippen molar-refractivity contribution in [2.24, 2.45) is 0 Å². The summed E-state index contributed by atoms with van der Waals surface area (Å²) in [7, 11) is 0. The summed E-state index contributed by atoms with van der Waals surface area (Å²) >= 11 is 3.35. The number of hydrogen-bond donors (Lipinski definition) is 1. The van der Waals surface area contributed by atoms with Crippen molar-refractivity contribution in [2.75, 3.05) is 0 Å². The predicted molar refractivity (Wildman–Crippen MR) is 57.5 cm³/mol. The molecule has 0 saturated heterocycles. The number of nitrogens with zero attached hydrogens (tertiary/aromatic N) is 1. The summed E-state index contributed by atoms with van der Waals surface area (Å²) in [6.07, 6.45) is 0. The fraction of sp³-hybridized carbons (Fsp3) is 0.300. The number of phenolic OH excluding ortho intramolecular Hbond substituents is 1. The van der Waals surface area contributed by atoms with Crippen molar-refractivity contribution in [3.05, 3.63) is 22.5 Å². The average Bonchev–Trinajstić information content (AvgIpc) is 2.57. The minimum Gasteiger partial charge on any atom is -0.506 e. The summed E-state index contributed by atoms with van der Waals surface area (Å²) in [4.78, 5) is 4.23. The number of hydrogen-bond acceptors (Lipinski definition) is 3. The van der Waals surface area contributed by atoms with Crippen LogP contribution in [0.2, 0.25) is 0 Å². The molecule has 0 aliphatic carbocycles. The van der Waals surface area contributed by atoms with E-state index in [0.29, 0.717) is 17.0 Å². The van der Waals surface area contributed by atoms with Crippen molar-refractivity contribution >= 4 is 27.0 Å². The Kier molecular flexibility index (Phi) is 2.23. The van der Waals surface area contributed by atoms with Crippen LogP contribution in [0, 0.1) is 0 Å². The van der Waals surface area contributed by atoms with Crippen LogP contribution >= 0.6 is 15.9 Å². The van der Waals surface area contributed by atoms with E-state index in [1.54, 1.807) is 12.1 Å². The van der Waals surface area contributed by atoms with Crippen LogP contribution in [0.25, 0.3) is 11.1 Å². The molecule has 1 aromatic heterocycles. The van der Waals surface area contributed by atoms with Crippen molar-refractivity contribution < 1.29 is 9.52 Å². The highest BCUT2D eigenvalue weighted by molar-refractivity contribution is 9.10. The Bertz CT molecular complexity index is 437. The normalized spacial score (nSPS) is 11.4. The van der Waals surface area contributed by atoms with Gasteiger partial charge in [0.25, 0.3) is 0 Å². The highest BCUT2D eigenvalue weighted by Gasteiger charge is 2.14. The fourth-order valence-corrected chi connectivity index (χ4v) is 1.63. The first-order chi connectivity index (χ1) is 6.59. The molecule has 1 heterocycles. The van der Waals surface area contributed by atoms with Gasteiger partial charge in [-0.3, -0.25) is 0 Å². The van der Waals surface area contributed by atoms with Crippen LogP contribution in [0.5, 0.6) is 5.75 Å². The first-order valence-corrected chi connectivity index (χ1v) is 5.17. The SMILES string of the molecule is CC(C)c1nc2c(O)ccc(Br)c2o1. The molecule has 0 atom stereocenters. The second kappa shape index (κ2) is 3.28. The maximum atomic E-state index is 9.55. The predicted octanol–water partition coefficient (Wildman–Crippen LogP) is 3.42. The summed E-state index contributed by atoms with van der Waals surface area (Å²) in [6, 6.07) is 3.34. The molecule has 0 bridgehead atoms. The van der Waals surface area contributed by atoms with E-state index < -0.39 is 0 Å². The number of phenols is 1. The minimum atomic E-state index is 0.152. The highest BCUT2D eigenvalue weighted by Crippen LogP contribution is 2.32. The van der Waals surface area contributed by atoms with Crippen molar-refractivity contribution in [2.45, 2.75) is 19.8 Å². The molecule has 0 fully saturated rings. The maximum absolute atomic E-state index is 9.55. The monoisotopic (exact) mass is 255 g/mol. The lowest BCUT2D eigenvalue weighted by Crippen LogP contribution is -1.84. The number of rotatable bonds is 1. The first kappa shape index (κ1) is 9.52. The summed E-state index contributed by atoms with van der Waals surface area (Å²) < 4.78 is 6.33. The van der Waals surface area contributed by atoms with E-state index in [2.05, 4.69) is 20.9 Å². The van der Waals surface area contributed by atoms with Crippen molar-refractivity contribution in [1.82, 2.24) is 4.98 Å². The number of halogens is 1. The standard InChI is InChI=1S/C10H10BrNO2/c1-5(2)10-12-8-7(13)4-3-6(11)9(8)14-10/h3-5,13H,1-2H3. The van der Waals surface area contributed by atoms with Crippen LogP contribution in [0.15, 0.2) is 21.0 Å². The molecule has 0 aliphatic rings. The molecule has 0 saturated carbocycles. The van der Waals surface area contributed by atoms with Gasteiger partial charge >= 0.3 is 0 Å². The van der Waals surface area contributed by atoms with Gasteiger partial charge in [-0.15, -0.1) is 0 Å². The van der Waals surface area contributed by atoms with E-state index in [0.717, 1.165) is 4.47 Å². The highest BCUT2D eigenvalue weighted by atomic mass is 79.9. The van der Waals surface area contributed by atoms with Gasteiger partial charge < -0.3 is 9.52 Å². The van der Waals surface area contributed by atoms with Crippen LogP contribution in [0.3, 0.4) is 0 Å². The number of fused-ring (bicyclic) bond motifs is 1. The molecule has 14 heavy (non-hydrogen) atoms. The maximum Gasteiger partial charge on any atom is 0.198 e. The molecule has 3 nitrogen and oxygen atoms in total. The zero-order valence-electron chi connectivity index (χ0n) is 7.91. The number of aromatic nitrogens is 1. The van der Waals surface area contributed by atoms with Gasteiger partial charge in [-0.1, -0.05) is 13.8 Å². The lowest BCUT2D eigenvalue weighted by atomic mass is 10.2. The summed E-state index contributed by atoms with van der Waals surface area (Å²) in [5, 5.41) is 9.55. The Morgan fingerprint density at radius 3 is 2.71 bits per heavy atom. The number of oxazole rings is 1. The molecule has 0 unspecified atom stereocenters. The van der Waals surface area contributed by atoms with Crippen LogP contribution < -0.4 is 0 Å². The molecule has 0 aliphatic heterocycles. The third-order valence-electron chi connectivity index (χ3n) is 1.98. The zero-order valence-corrected chi connectivity index (χ0v) is 9.50. The van der Waals surface area contributed by atoms with E-state index in [1.807, 2.05) is 13.8 Å². The van der Waals surface area contributed by atoms with E-state index in [4.69, 9.17) is 4.42 Å². The summed E-state index contributed by atoms with van der Waals surface area (Å²) in [5.41, 5.74) is 1.12. The van der Waals surface area contributed by atoms with Gasteiger partial charge in [0.05, 0.1) is 4.47 Å². The van der Waals surface area contributed by atoms with Crippen molar-refractivity contribution in [1.29, 1.82) is 0 Å². The number of aromatic hydroxyl groups is 1. The minimum absolute atomic E-state index is 0.152. The Hall–Kier alpha value is -1.03. The van der Waals surface area contributed by atoms with Crippen LogP contribution in [0.1, 0.15) is 25.7 Å². The van der Waals surface area contributed by atoms with Gasteiger partial charge in [0, 0.05) is 5.92 Å². The van der Waals surface area contributed by atoms with E-state index in [1.165, 1.54) is 0 Å². The molecule has 1 aromatic carbocycles. The Morgan fingerprint density at radius 1 is 1.43 bits per heavy atom. The van der Waals surface area contributed by atoms with Gasteiger partial charge in [-0.05, 0) is 28.1 Å². The molecule has 1 N–H and O–H groups in total. The number of benzene rings is 1. The third-order valence-corrected chi connectivity index (χ3v) is 2.61. The largest absolute Gasteiger partial charge is 0.506 e. The van der Waals surface area contributed by atoms with Gasteiger partial charge in [0.15, 0.2) is 17.0 Å². The lowest BCUT2D eigenvalue weighted by Gasteiger charge is -1.94. The third kappa shape index (κ3) is 1.39. The smallest absolute Gasteiger partial charge is 0.198 e. The van der Waals surface area contributed by atoms with Crippen molar-refractivity contribution in [3.63, 3.8) is 0 Å². The molecule has 74 valence electrons. The first-order valence-electron chi connectivity index (χ1n) is 4.37. The molecule has 2 aromatic rings.